The molecule has 0 bridgehead atoms. The number of rotatable bonds is 2. The first-order valence-corrected chi connectivity index (χ1v) is 7.15. The Morgan fingerprint density at radius 3 is 2.39 bits per heavy atom. The molecule has 0 radical (unpaired) electrons. The molecule has 1 unspecified atom stereocenters. The number of hydrogen-bond donors (Lipinski definition) is 1. The third-order valence-electron chi connectivity index (χ3n) is 3.29. The quantitative estimate of drug-likeness (QED) is 0.779. The Labute approximate surface area is 106 Å². The average Bonchev–Trinajstić information content (AvgIpc) is 2.70. The van der Waals surface area contributed by atoms with Crippen LogP contribution in [0.1, 0.15) is 17.8 Å². The Kier molecular flexibility index (Phi) is 2.94. The SMILES string of the molecule is Cc1nn(C)c(C)c1N1CC(S(N)(=O)=O)CC1=O. The van der Waals surface area contributed by atoms with E-state index < -0.39 is 15.3 Å². The van der Waals surface area contributed by atoms with Gasteiger partial charge in [0.2, 0.25) is 15.9 Å². The van der Waals surface area contributed by atoms with Crippen LogP contribution in [-0.4, -0.2) is 35.9 Å². The summed E-state index contributed by atoms with van der Waals surface area (Å²) in [6.07, 6.45) is -0.0629. The molecule has 2 N–H and O–H groups in total. The molecular formula is C10H16N4O3S. The van der Waals surface area contributed by atoms with Crippen molar-refractivity contribution >= 4 is 21.6 Å². The van der Waals surface area contributed by atoms with Crippen LogP contribution in [0.25, 0.3) is 0 Å². The lowest BCUT2D eigenvalue weighted by Crippen LogP contribution is -2.32. The lowest BCUT2D eigenvalue weighted by atomic mass is 10.3. The molecule has 2 heterocycles. The molecule has 18 heavy (non-hydrogen) atoms. The lowest BCUT2D eigenvalue weighted by molar-refractivity contribution is -0.117. The Morgan fingerprint density at radius 2 is 2.00 bits per heavy atom. The molecule has 100 valence electrons. The molecule has 1 aromatic rings. The van der Waals surface area contributed by atoms with Gasteiger partial charge in [-0.2, -0.15) is 5.10 Å². The average molecular weight is 272 g/mol. The van der Waals surface area contributed by atoms with Gasteiger partial charge in [-0.15, -0.1) is 0 Å². The number of aromatic nitrogens is 2. The van der Waals surface area contributed by atoms with Gasteiger partial charge in [-0.25, -0.2) is 13.6 Å². The number of nitrogens with two attached hydrogens (primary N) is 1. The van der Waals surface area contributed by atoms with Gasteiger partial charge in [0.05, 0.1) is 17.1 Å². The van der Waals surface area contributed by atoms with E-state index in [1.807, 2.05) is 6.92 Å². The number of hydrogen-bond acceptors (Lipinski definition) is 4. The Hall–Kier alpha value is -1.41. The van der Waals surface area contributed by atoms with Gasteiger partial charge in [0.1, 0.15) is 5.25 Å². The highest BCUT2D eigenvalue weighted by Crippen LogP contribution is 2.29. The summed E-state index contributed by atoms with van der Waals surface area (Å²) in [5.41, 5.74) is 2.22. The number of carbonyl (C=O) groups excluding carboxylic acids is 1. The molecule has 1 amide bonds. The standard InChI is InChI=1S/C10H16N4O3S/c1-6-10(7(2)13(3)12-6)14-5-8(4-9(14)15)18(11,16)17/h8H,4-5H2,1-3H3,(H2,11,16,17). The number of carbonyl (C=O) groups is 1. The van der Waals surface area contributed by atoms with Crippen molar-refractivity contribution in [2.45, 2.75) is 25.5 Å². The molecule has 0 aliphatic carbocycles. The summed E-state index contributed by atoms with van der Waals surface area (Å²) in [4.78, 5) is 13.4. The van der Waals surface area contributed by atoms with E-state index in [1.165, 1.54) is 4.90 Å². The van der Waals surface area contributed by atoms with Crippen LogP contribution in [0.15, 0.2) is 0 Å². The molecule has 1 aromatic heterocycles. The molecule has 7 nitrogen and oxygen atoms in total. The van der Waals surface area contributed by atoms with Crippen molar-refractivity contribution < 1.29 is 13.2 Å². The predicted octanol–water partition coefficient (Wildman–Crippen LogP) is -0.569. The second-order valence-electron chi connectivity index (χ2n) is 4.56. The fraction of sp³-hybridized carbons (Fsp3) is 0.600. The van der Waals surface area contributed by atoms with Crippen molar-refractivity contribution in [2.24, 2.45) is 12.2 Å². The van der Waals surface area contributed by atoms with Crippen LogP contribution in [0.5, 0.6) is 0 Å². The second kappa shape index (κ2) is 4.06. The highest BCUT2D eigenvalue weighted by atomic mass is 32.2. The zero-order valence-electron chi connectivity index (χ0n) is 10.5. The van der Waals surface area contributed by atoms with E-state index in [-0.39, 0.29) is 18.9 Å². The minimum Gasteiger partial charge on any atom is -0.308 e. The molecule has 2 rings (SSSR count). The number of nitrogens with zero attached hydrogens (tertiary/aromatic N) is 3. The van der Waals surface area contributed by atoms with Crippen LogP contribution in [0.4, 0.5) is 5.69 Å². The van der Waals surface area contributed by atoms with Crippen LogP contribution < -0.4 is 10.0 Å². The van der Waals surface area contributed by atoms with Crippen LogP contribution in [0, 0.1) is 13.8 Å². The first kappa shape index (κ1) is 13.0. The first-order valence-electron chi connectivity index (χ1n) is 5.54. The Bertz CT molecular complexity index is 605. The van der Waals surface area contributed by atoms with Gasteiger partial charge in [-0.05, 0) is 13.8 Å². The van der Waals surface area contributed by atoms with Crippen molar-refractivity contribution in [1.82, 2.24) is 9.78 Å². The second-order valence-corrected chi connectivity index (χ2v) is 6.41. The zero-order valence-corrected chi connectivity index (χ0v) is 11.4. The summed E-state index contributed by atoms with van der Waals surface area (Å²) >= 11 is 0. The Balaban J connectivity index is 2.39. The van der Waals surface area contributed by atoms with E-state index in [0.29, 0.717) is 11.4 Å². The van der Waals surface area contributed by atoms with Crippen LogP contribution in [0.2, 0.25) is 0 Å². The molecule has 0 saturated carbocycles. The number of amides is 1. The topological polar surface area (TPSA) is 98.3 Å². The maximum absolute atomic E-state index is 11.9. The first-order chi connectivity index (χ1) is 8.21. The maximum Gasteiger partial charge on any atom is 0.228 e. The highest BCUT2D eigenvalue weighted by molar-refractivity contribution is 7.89. The summed E-state index contributed by atoms with van der Waals surface area (Å²) < 4.78 is 24.3. The van der Waals surface area contributed by atoms with Gasteiger partial charge < -0.3 is 4.90 Å². The van der Waals surface area contributed by atoms with Crippen LogP contribution in [0.3, 0.4) is 0 Å². The summed E-state index contributed by atoms with van der Waals surface area (Å²) in [6.45, 7) is 3.73. The molecule has 1 fully saturated rings. The van der Waals surface area contributed by atoms with Crippen molar-refractivity contribution in [2.75, 3.05) is 11.4 Å². The van der Waals surface area contributed by atoms with E-state index in [4.69, 9.17) is 5.14 Å². The number of sulfonamides is 1. The molecule has 1 aliphatic rings. The fourth-order valence-corrected chi connectivity index (χ4v) is 3.00. The number of primary sulfonamides is 1. The maximum atomic E-state index is 11.9. The van der Waals surface area contributed by atoms with Crippen molar-refractivity contribution in [1.29, 1.82) is 0 Å². The minimum atomic E-state index is -3.68. The van der Waals surface area contributed by atoms with Crippen molar-refractivity contribution in [3.8, 4) is 0 Å². The number of aryl methyl sites for hydroxylation is 2. The van der Waals surface area contributed by atoms with Gasteiger partial charge in [0.25, 0.3) is 0 Å². The Morgan fingerprint density at radius 1 is 1.39 bits per heavy atom. The summed E-state index contributed by atoms with van der Waals surface area (Å²) in [5, 5.41) is 8.49. The van der Waals surface area contributed by atoms with E-state index in [1.54, 1.807) is 18.7 Å². The molecule has 1 aliphatic heterocycles. The van der Waals surface area contributed by atoms with Gasteiger partial charge in [0, 0.05) is 20.0 Å². The molecule has 0 spiro atoms. The van der Waals surface area contributed by atoms with Gasteiger partial charge >= 0.3 is 0 Å². The number of anilines is 1. The smallest absolute Gasteiger partial charge is 0.228 e. The lowest BCUT2D eigenvalue weighted by Gasteiger charge is -2.16. The largest absolute Gasteiger partial charge is 0.308 e. The normalized spacial score (nSPS) is 20.8. The zero-order chi connectivity index (χ0) is 13.7. The van der Waals surface area contributed by atoms with Gasteiger partial charge in [-0.1, -0.05) is 0 Å². The molecule has 1 saturated heterocycles. The van der Waals surface area contributed by atoms with Crippen LogP contribution in [-0.2, 0) is 21.9 Å². The van der Waals surface area contributed by atoms with Crippen LogP contribution >= 0.6 is 0 Å². The third kappa shape index (κ3) is 2.01. The highest BCUT2D eigenvalue weighted by Gasteiger charge is 2.38. The van der Waals surface area contributed by atoms with E-state index in [0.717, 1.165) is 5.69 Å². The molecule has 1 atom stereocenters. The third-order valence-corrected chi connectivity index (χ3v) is 4.54. The summed E-state index contributed by atoms with van der Waals surface area (Å²) in [5.74, 6) is -0.228. The fourth-order valence-electron chi connectivity index (χ4n) is 2.26. The minimum absolute atomic E-state index is 0.0629. The van der Waals surface area contributed by atoms with Gasteiger partial charge in [0.15, 0.2) is 0 Å². The predicted molar refractivity (Wildman–Crippen MR) is 66.5 cm³/mol. The van der Waals surface area contributed by atoms with E-state index >= 15 is 0 Å². The van der Waals surface area contributed by atoms with Crippen molar-refractivity contribution in [3.63, 3.8) is 0 Å². The summed E-state index contributed by atoms with van der Waals surface area (Å²) in [7, 11) is -1.90. The van der Waals surface area contributed by atoms with Gasteiger partial charge in [-0.3, -0.25) is 9.48 Å². The van der Waals surface area contributed by atoms with E-state index in [9.17, 15) is 13.2 Å². The molecule has 0 aromatic carbocycles. The molecule has 8 heteroatoms. The van der Waals surface area contributed by atoms with Crippen molar-refractivity contribution in [3.05, 3.63) is 11.4 Å². The molecular weight excluding hydrogens is 256 g/mol. The van der Waals surface area contributed by atoms with E-state index in [2.05, 4.69) is 5.10 Å². The summed E-state index contributed by atoms with van der Waals surface area (Å²) in [6, 6.07) is 0. The monoisotopic (exact) mass is 272 g/mol.